The number of halogens is 2. The Morgan fingerprint density at radius 2 is 2.00 bits per heavy atom. The van der Waals surface area contributed by atoms with Crippen LogP contribution in [0.15, 0.2) is 23.3 Å². The van der Waals surface area contributed by atoms with Crippen molar-refractivity contribution in [3.8, 4) is 0 Å². The van der Waals surface area contributed by atoms with Gasteiger partial charge in [0.15, 0.2) is 0 Å². The molecule has 2 fully saturated rings. The summed E-state index contributed by atoms with van der Waals surface area (Å²) < 4.78 is 13.3. The van der Waals surface area contributed by atoms with Crippen molar-refractivity contribution in [3.63, 3.8) is 0 Å². The third-order valence-corrected chi connectivity index (χ3v) is 6.00. The molecule has 0 N–H and O–H groups in total. The first-order chi connectivity index (χ1) is 12.5. The number of hydrazone groups is 1. The van der Waals surface area contributed by atoms with Crippen molar-refractivity contribution < 1.29 is 9.18 Å². The summed E-state index contributed by atoms with van der Waals surface area (Å²) in [5.41, 5.74) is 1.96. The zero-order chi connectivity index (χ0) is 18.3. The van der Waals surface area contributed by atoms with E-state index in [0.29, 0.717) is 13.1 Å². The molecule has 4 rings (SSSR count). The summed E-state index contributed by atoms with van der Waals surface area (Å²) in [6.07, 6.45) is 2.78. The van der Waals surface area contributed by atoms with Gasteiger partial charge in [0.05, 0.1) is 22.7 Å². The molecule has 7 heteroatoms. The highest BCUT2D eigenvalue weighted by atomic mass is 35.5. The molecule has 1 aromatic carbocycles. The van der Waals surface area contributed by atoms with Gasteiger partial charge in [0.2, 0.25) is 0 Å². The highest BCUT2D eigenvalue weighted by molar-refractivity contribution is 6.30. The van der Waals surface area contributed by atoms with Crippen molar-refractivity contribution in [2.24, 2.45) is 11.0 Å². The van der Waals surface area contributed by atoms with E-state index in [1.165, 1.54) is 6.07 Å². The second-order valence-electron chi connectivity index (χ2n) is 7.61. The second-order valence-corrected chi connectivity index (χ2v) is 8.02. The van der Waals surface area contributed by atoms with Crippen LogP contribution in [0.1, 0.15) is 24.8 Å². The minimum absolute atomic E-state index is 0.0530. The van der Waals surface area contributed by atoms with E-state index in [-0.39, 0.29) is 22.9 Å². The van der Waals surface area contributed by atoms with E-state index in [1.54, 1.807) is 17.1 Å². The van der Waals surface area contributed by atoms with Crippen molar-refractivity contribution in [3.05, 3.63) is 34.6 Å². The molecule has 3 heterocycles. The van der Waals surface area contributed by atoms with E-state index in [0.717, 1.165) is 50.2 Å². The Hall–Kier alpha value is -1.50. The quantitative estimate of drug-likeness (QED) is 0.811. The summed E-state index contributed by atoms with van der Waals surface area (Å²) in [6, 6.07) is 5.08. The number of benzene rings is 1. The maximum atomic E-state index is 13.3. The van der Waals surface area contributed by atoms with E-state index in [4.69, 9.17) is 16.7 Å². The Morgan fingerprint density at radius 3 is 2.73 bits per heavy atom. The molecule has 1 amide bonds. The van der Waals surface area contributed by atoms with Gasteiger partial charge in [0, 0.05) is 19.6 Å². The van der Waals surface area contributed by atoms with Gasteiger partial charge < -0.3 is 4.90 Å². The summed E-state index contributed by atoms with van der Waals surface area (Å²) in [6.45, 7) is 4.25. The molecule has 1 unspecified atom stereocenters. The lowest BCUT2D eigenvalue weighted by Crippen LogP contribution is -2.45. The van der Waals surface area contributed by atoms with Crippen LogP contribution >= 0.6 is 11.6 Å². The normalized spacial score (nSPS) is 25.5. The van der Waals surface area contributed by atoms with Gasteiger partial charge in [-0.3, -0.25) is 9.69 Å². The molecule has 0 aromatic heterocycles. The number of carbonyl (C=O) groups excluding carboxylic acids is 1. The molecule has 0 spiro atoms. The molecule has 1 atom stereocenters. The third kappa shape index (κ3) is 3.50. The van der Waals surface area contributed by atoms with Crippen LogP contribution in [-0.2, 0) is 11.3 Å². The fraction of sp³-hybridized carbons (Fsp3) is 0.579. The van der Waals surface area contributed by atoms with Crippen molar-refractivity contribution in [1.82, 2.24) is 14.8 Å². The largest absolute Gasteiger partial charge is 0.306 e. The molecule has 3 aliphatic heterocycles. The molecule has 0 saturated carbocycles. The average Bonchev–Trinajstić information content (AvgIpc) is 2.95. The van der Waals surface area contributed by atoms with Gasteiger partial charge in [-0.15, -0.1) is 0 Å². The van der Waals surface area contributed by atoms with Crippen molar-refractivity contribution in [2.75, 3.05) is 33.2 Å². The molecule has 2 saturated heterocycles. The van der Waals surface area contributed by atoms with Crippen LogP contribution < -0.4 is 0 Å². The predicted octanol–water partition coefficient (Wildman–Crippen LogP) is 2.59. The summed E-state index contributed by atoms with van der Waals surface area (Å²) in [5, 5.41) is 6.64. The Labute approximate surface area is 158 Å². The summed E-state index contributed by atoms with van der Waals surface area (Å²) in [7, 11) is 2.12. The summed E-state index contributed by atoms with van der Waals surface area (Å²) >= 11 is 5.88. The molecular formula is C19H24ClFN4O. The third-order valence-electron chi connectivity index (χ3n) is 5.71. The molecular weight excluding hydrogens is 355 g/mol. The number of rotatable bonds is 3. The Balaban J connectivity index is 1.42. The lowest BCUT2D eigenvalue weighted by molar-refractivity contribution is -0.135. The molecule has 26 heavy (non-hydrogen) atoms. The number of likely N-dealkylation sites (tertiary alicyclic amines) is 2. The van der Waals surface area contributed by atoms with Crippen LogP contribution in [0.5, 0.6) is 0 Å². The molecule has 0 bridgehead atoms. The number of piperidine rings is 2. The van der Waals surface area contributed by atoms with Crippen molar-refractivity contribution in [2.45, 2.75) is 31.8 Å². The molecule has 140 valence electrons. The number of hydrogen-bond donors (Lipinski definition) is 0. The number of hydrogen-bond acceptors (Lipinski definition) is 4. The summed E-state index contributed by atoms with van der Waals surface area (Å²) in [4.78, 5) is 17.3. The van der Waals surface area contributed by atoms with E-state index < -0.39 is 5.82 Å². The van der Waals surface area contributed by atoms with E-state index in [1.807, 2.05) is 0 Å². The lowest BCUT2D eigenvalue weighted by atomic mass is 9.94. The van der Waals surface area contributed by atoms with E-state index in [2.05, 4.69) is 16.8 Å². The van der Waals surface area contributed by atoms with Gasteiger partial charge >= 0.3 is 0 Å². The topological polar surface area (TPSA) is 39.1 Å². The monoisotopic (exact) mass is 378 g/mol. The number of nitrogens with zero attached hydrogens (tertiary/aromatic N) is 4. The fourth-order valence-electron chi connectivity index (χ4n) is 4.14. The van der Waals surface area contributed by atoms with Crippen molar-refractivity contribution in [1.29, 1.82) is 0 Å². The van der Waals surface area contributed by atoms with Gasteiger partial charge in [0.25, 0.3) is 5.91 Å². The average molecular weight is 379 g/mol. The Morgan fingerprint density at radius 1 is 1.23 bits per heavy atom. The van der Waals surface area contributed by atoms with Gasteiger partial charge in [-0.25, -0.2) is 9.40 Å². The van der Waals surface area contributed by atoms with Gasteiger partial charge in [-0.2, -0.15) is 5.10 Å². The minimum atomic E-state index is -0.395. The number of carbonyl (C=O) groups is 1. The Bertz CT molecular complexity index is 732. The standard InChI is InChI=1S/C19H24ClFN4O/c1-23-7-4-14(5-8-23)25-19(26)15-6-9-24(12-18(15)22-25)11-13-2-3-17(21)16(20)10-13/h2-3,10,14-15H,4-9,11-12H2,1H3. The lowest BCUT2D eigenvalue weighted by Gasteiger charge is -2.33. The minimum Gasteiger partial charge on any atom is -0.306 e. The second kappa shape index (κ2) is 7.25. The van der Waals surface area contributed by atoms with Crippen LogP contribution in [0.25, 0.3) is 0 Å². The molecule has 3 aliphatic rings. The van der Waals surface area contributed by atoms with Crippen LogP contribution in [0.2, 0.25) is 5.02 Å². The van der Waals surface area contributed by atoms with Crippen LogP contribution in [0, 0.1) is 11.7 Å². The summed E-state index contributed by atoms with van der Waals surface area (Å²) in [5.74, 6) is -0.268. The smallest absolute Gasteiger partial charge is 0.251 e. The van der Waals surface area contributed by atoms with Crippen LogP contribution in [-0.4, -0.2) is 65.7 Å². The molecule has 1 aromatic rings. The van der Waals surface area contributed by atoms with Gasteiger partial charge in [-0.05, 0) is 57.1 Å². The molecule has 0 aliphatic carbocycles. The number of amides is 1. The maximum Gasteiger partial charge on any atom is 0.251 e. The van der Waals surface area contributed by atoms with E-state index >= 15 is 0 Å². The maximum absolute atomic E-state index is 13.3. The Kier molecular flexibility index (Phi) is 4.99. The van der Waals surface area contributed by atoms with E-state index in [9.17, 15) is 9.18 Å². The highest BCUT2D eigenvalue weighted by Crippen LogP contribution is 2.29. The first-order valence-corrected chi connectivity index (χ1v) is 9.64. The van der Waals surface area contributed by atoms with Gasteiger partial charge in [-0.1, -0.05) is 17.7 Å². The molecule has 5 nitrogen and oxygen atoms in total. The van der Waals surface area contributed by atoms with Gasteiger partial charge in [0.1, 0.15) is 5.82 Å². The van der Waals surface area contributed by atoms with Crippen molar-refractivity contribution >= 4 is 23.2 Å². The fourth-order valence-corrected chi connectivity index (χ4v) is 4.35. The van der Waals surface area contributed by atoms with Crippen LogP contribution in [0.4, 0.5) is 4.39 Å². The predicted molar refractivity (Wildman–Crippen MR) is 99.6 cm³/mol. The SMILES string of the molecule is CN1CCC(N2N=C3CN(Cc4ccc(F)c(Cl)c4)CCC3C2=O)CC1. The molecule has 0 radical (unpaired) electrons. The zero-order valence-corrected chi connectivity index (χ0v) is 15.8. The number of fused-ring (bicyclic) bond motifs is 1. The first-order valence-electron chi connectivity index (χ1n) is 9.26. The zero-order valence-electron chi connectivity index (χ0n) is 15.0. The first kappa shape index (κ1) is 17.9. The highest BCUT2D eigenvalue weighted by Gasteiger charge is 2.42. The van der Waals surface area contributed by atoms with Crippen LogP contribution in [0.3, 0.4) is 0 Å².